The van der Waals surface area contributed by atoms with Crippen molar-refractivity contribution in [3.05, 3.63) is 11.7 Å². The van der Waals surface area contributed by atoms with Crippen molar-refractivity contribution in [2.75, 3.05) is 12.0 Å². The summed E-state index contributed by atoms with van der Waals surface area (Å²) in [5.41, 5.74) is 5.93. The van der Waals surface area contributed by atoms with Crippen molar-refractivity contribution in [1.29, 1.82) is 0 Å². The molecular weight excluding hydrogens is 210 g/mol. The van der Waals surface area contributed by atoms with E-state index in [4.69, 9.17) is 10.3 Å². The first-order chi connectivity index (χ1) is 7.29. The average molecular weight is 227 g/mol. The molecule has 0 spiro atoms. The first-order valence-electron chi connectivity index (χ1n) is 5.36. The van der Waals surface area contributed by atoms with Gasteiger partial charge < -0.3 is 10.3 Å². The molecule has 1 aliphatic carbocycles. The molecule has 2 rings (SSSR count). The molecule has 1 atom stereocenters. The van der Waals surface area contributed by atoms with Crippen LogP contribution >= 0.6 is 11.8 Å². The van der Waals surface area contributed by atoms with Gasteiger partial charge in [0.15, 0.2) is 5.82 Å². The van der Waals surface area contributed by atoms with Crippen LogP contribution in [0, 0.1) is 5.92 Å². The van der Waals surface area contributed by atoms with E-state index in [1.54, 1.807) is 11.8 Å². The number of nitrogens with two attached hydrogens (primary N) is 1. The molecule has 1 aromatic heterocycles. The topological polar surface area (TPSA) is 64.9 Å². The van der Waals surface area contributed by atoms with E-state index < -0.39 is 0 Å². The molecule has 1 aromatic rings. The minimum absolute atomic E-state index is 0.0992. The van der Waals surface area contributed by atoms with Crippen LogP contribution < -0.4 is 5.73 Å². The monoisotopic (exact) mass is 227 g/mol. The van der Waals surface area contributed by atoms with Gasteiger partial charge in [-0.05, 0) is 37.2 Å². The summed E-state index contributed by atoms with van der Waals surface area (Å²) in [7, 11) is 0. The molecule has 1 heterocycles. The van der Waals surface area contributed by atoms with Crippen LogP contribution in [0.3, 0.4) is 0 Å². The first kappa shape index (κ1) is 11.0. The summed E-state index contributed by atoms with van der Waals surface area (Å²) < 4.78 is 5.16. The Kier molecular flexibility index (Phi) is 3.64. The van der Waals surface area contributed by atoms with Gasteiger partial charge in [-0.1, -0.05) is 5.16 Å². The molecule has 4 nitrogen and oxygen atoms in total. The summed E-state index contributed by atoms with van der Waals surface area (Å²) >= 11 is 1.78. The van der Waals surface area contributed by atoms with Crippen LogP contribution in [-0.4, -0.2) is 22.1 Å². The fourth-order valence-corrected chi connectivity index (χ4v) is 1.94. The highest BCUT2D eigenvalue weighted by molar-refractivity contribution is 7.98. The third-order valence-corrected chi connectivity index (χ3v) is 3.25. The van der Waals surface area contributed by atoms with Crippen molar-refractivity contribution in [3.8, 4) is 0 Å². The molecule has 0 aromatic carbocycles. The lowest BCUT2D eigenvalue weighted by molar-refractivity contribution is 0.348. The van der Waals surface area contributed by atoms with Gasteiger partial charge in [0.1, 0.15) is 0 Å². The van der Waals surface area contributed by atoms with Crippen molar-refractivity contribution in [2.45, 2.75) is 31.7 Å². The molecular formula is C10H17N3OS. The third kappa shape index (κ3) is 3.21. The minimum Gasteiger partial charge on any atom is -0.338 e. The van der Waals surface area contributed by atoms with E-state index in [1.165, 1.54) is 12.8 Å². The second kappa shape index (κ2) is 4.99. The summed E-state index contributed by atoms with van der Waals surface area (Å²) in [6, 6.07) is -0.0992. The summed E-state index contributed by atoms with van der Waals surface area (Å²) in [6.07, 6.45) is 6.54. The van der Waals surface area contributed by atoms with Crippen LogP contribution in [0.25, 0.3) is 0 Å². The zero-order chi connectivity index (χ0) is 10.7. The van der Waals surface area contributed by atoms with Crippen LogP contribution in [0.15, 0.2) is 4.52 Å². The van der Waals surface area contributed by atoms with Crippen LogP contribution in [0.5, 0.6) is 0 Å². The zero-order valence-electron chi connectivity index (χ0n) is 8.98. The van der Waals surface area contributed by atoms with Gasteiger partial charge in [-0.25, -0.2) is 0 Å². The van der Waals surface area contributed by atoms with Gasteiger partial charge in [0, 0.05) is 6.42 Å². The number of rotatable bonds is 6. The minimum atomic E-state index is -0.0992. The molecule has 0 saturated heterocycles. The van der Waals surface area contributed by atoms with Gasteiger partial charge in [-0.2, -0.15) is 16.7 Å². The van der Waals surface area contributed by atoms with Crippen molar-refractivity contribution >= 4 is 11.8 Å². The normalized spacial score (nSPS) is 18.0. The summed E-state index contributed by atoms with van der Waals surface area (Å²) in [5.74, 6) is 3.24. The smallest absolute Gasteiger partial charge is 0.243 e. The summed E-state index contributed by atoms with van der Waals surface area (Å²) in [5, 5.41) is 3.95. The van der Waals surface area contributed by atoms with Crippen LogP contribution in [0.4, 0.5) is 0 Å². The largest absolute Gasteiger partial charge is 0.338 e. The van der Waals surface area contributed by atoms with Gasteiger partial charge in [0.05, 0.1) is 6.04 Å². The van der Waals surface area contributed by atoms with E-state index >= 15 is 0 Å². The lowest BCUT2D eigenvalue weighted by Gasteiger charge is -2.03. The zero-order valence-corrected chi connectivity index (χ0v) is 9.80. The number of hydrogen-bond donors (Lipinski definition) is 1. The Morgan fingerprint density at radius 3 is 3.07 bits per heavy atom. The van der Waals surface area contributed by atoms with Crippen LogP contribution in [-0.2, 0) is 6.42 Å². The maximum atomic E-state index is 5.93. The van der Waals surface area contributed by atoms with Gasteiger partial charge >= 0.3 is 0 Å². The van der Waals surface area contributed by atoms with Crippen LogP contribution in [0.2, 0.25) is 0 Å². The molecule has 1 saturated carbocycles. The highest BCUT2D eigenvalue weighted by atomic mass is 32.2. The van der Waals surface area contributed by atoms with Crippen molar-refractivity contribution in [2.24, 2.45) is 11.7 Å². The fourth-order valence-electron chi connectivity index (χ4n) is 1.45. The first-order valence-corrected chi connectivity index (χ1v) is 6.76. The Labute approximate surface area is 94.0 Å². The van der Waals surface area contributed by atoms with Crippen LogP contribution in [0.1, 0.15) is 37.0 Å². The Morgan fingerprint density at radius 2 is 2.40 bits per heavy atom. The molecule has 1 aliphatic rings. The third-order valence-electron chi connectivity index (χ3n) is 2.60. The fraction of sp³-hybridized carbons (Fsp3) is 0.800. The lowest BCUT2D eigenvalue weighted by Crippen LogP contribution is -2.11. The predicted molar refractivity (Wildman–Crippen MR) is 60.7 cm³/mol. The molecule has 0 bridgehead atoms. The van der Waals surface area contributed by atoms with Gasteiger partial charge in [0.25, 0.3) is 0 Å². The Bertz CT molecular complexity index is 311. The highest BCUT2D eigenvalue weighted by Gasteiger charge is 2.24. The maximum Gasteiger partial charge on any atom is 0.243 e. The van der Waals surface area contributed by atoms with E-state index in [-0.39, 0.29) is 6.04 Å². The van der Waals surface area contributed by atoms with E-state index in [0.717, 1.165) is 30.3 Å². The van der Waals surface area contributed by atoms with E-state index in [9.17, 15) is 0 Å². The summed E-state index contributed by atoms with van der Waals surface area (Å²) in [6.45, 7) is 0. The number of nitrogens with zero attached hydrogens (tertiary/aromatic N) is 2. The van der Waals surface area contributed by atoms with Gasteiger partial charge in [0.2, 0.25) is 5.89 Å². The average Bonchev–Trinajstić information content (AvgIpc) is 2.91. The van der Waals surface area contributed by atoms with Crippen molar-refractivity contribution < 1.29 is 4.52 Å². The number of thioether (sulfide) groups is 1. The second-order valence-corrected chi connectivity index (χ2v) is 5.07. The Hall–Kier alpha value is -0.550. The van der Waals surface area contributed by atoms with E-state index in [0.29, 0.717) is 5.89 Å². The summed E-state index contributed by atoms with van der Waals surface area (Å²) in [4.78, 5) is 4.33. The maximum absolute atomic E-state index is 5.93. The lowest BCUT2D eigenvalue weighted by atomic mass is 10.2. The van der Waals surface area contributed by atoms with Gasteiger partial charge in [-0.15, -0.1) is 0 Å². The quantitative estimate of drug-likeness (QED) is 0.802. The molecule has 15 heavy (non-hydrogen) atoms. The van der Waals surface area contributed by atoms with E-state index in [1.807, 2.05) is 0 Å². The van der Waals surface area contributed by atoms with Crippen molar-refractivity contribution in [1.82, 2.24) is 10.1 Å². The molecule has 0 aliphatic heterocycles. The Balaban J connectivity index is 1.86. The number of hydrogen-bond acceptors (Lipinski definition) is 5. The Morgan fingerprint density at radius 1 is 1.60 bits per heavy atom. The molecule has 2 N–H and O–H groups in total. The molecule has 84 valence electrons. The molecule has 5 heteroatoms. The SMILES string of the molecule is CSCC[C@@H](N)c1nc(CC2CC2)no1. The van der Waals surface area contributed by atoms with Crippen molar-refractivity contribution in [3.63, 3.8) is 0 Å². The number of aromatic nitrogens is 2. The van der Waals surface area contributed by atoms with E-state index in [2.05, 4.69) is 16.4 Å². The standard InChI is InChI=1S/C10H17N3OS/c1-15-5-4-8(11)10-12-9(13-14-10)6-7-2-3-7/h7-8H,2-6,11H2,1H3/t8-/m1/s1. The molecule has 0 amide bonds. The van der Waals surface area contributed by atoms with Gasteiger partial charge in [-0.3, -0.25) is 0 Å². The molecule has 0 radical (unpaired) electrons. The molecule has 1 fully saturated rings. The molecule has 0 unspecified atom stereocenters. The predicted octanol–water partition coefficient (Wildman–Crippen LogP) is 1.77. The second-order valence-electron chi connectivity index (χ2n) is 4.08. The highest BCUT2D eigenvalue weighted by Crippen LogP contribution is 2.31.